The molecule has 3 aromatic rings. The summed E-state index contributed by atoms with van der Waals surface area (Å²) in [4.78, 5) is 37.7. The summed E-state index contributed by atoms with van der Waals surface area (Å²) < 4.78 is 1.82. The highest BCUT2D eigenvalue weighted by molar-refractivity contribution is 6.21. The van der Waals surface area contributed by atoms with Crippen LogP contribution < -0.4 is 5.32 Å². The van der Waals surface area contributed by atoms with Crippen LogP contribution in [0.1, 0.15) is 42.5 Å². The van der Waals surface area contributed by atoms with Crippen molar-refractivity contribution in [1.82, 2.24) is 14.7 Å². The number of benzene rings is 2. The minimum atomic E-state index is -0.370. The molecule has 1 aliphatic heterocycles. The molecule has 28 heavy (non-hydrogen) atoms. The van der Waals surface area contributed by atoms with Crippen LogP contribution in [0.3, 0.4) is 0 Å². The SMILES string of the molecule is Cc1cc(C)n(-c2ccc(C(=O)Nc3ccc4c(c3)C(=O)N(C)C4=O)cc2)n1. The molecule has 7 heteroatoms. The lowest BCUT2D eigenvalue weighted by Crippen LogP contribution is -2.24. The zero-order valence-corrected chi connectivity index (χ0v) is 15.7. The summed E-state index contributed by atoms with van der Waals surface area (Å²) >= 11 is 0. The second-order valence-corrected chi connectivity index (χ2v) is 6.77. The van der Waals surface area contributed by atoms with Gasteiger partial charge in [-0.15, -0.1) is 0 Å². The number of rotatable bonds is 3. The first-order valence-electron chi connectivity index (χ1n) is 8.76. The van der Waals surface area contributed by atoms with Crippen molar-refractivity contribution in [1.29, 1.82) is 0 Å². The topological polar surface area (TPSA) is 84.3 Å². The number of nitrogens with zero attached hydrogens (tertiary/aromatic N) is 3. The van der Waals surface area contributed by atoms with Crippen molar-refractivity contribution in [3.05, 3.63) is 76.6 Å². The van der Waals surface area contributed by atoms with E-state index in [-0.39, 0.29) is 17.7 Å². The molecule has 7 nitrogen and oxygen atoms in total. The van der Waals surface area contributed by atoms with Gasteiger partial charge in [-0.2, -0.15) is 5.10 Å². The van der Waals surface area contributed by atoms with Crippen LogP contribution in [0.25, 0.3) is 5.69 Å². The quantitative estimate of drug-likeness (QED) is 0.715. The molecule has 0 spiro atoms. The van der Waals surface area contributed by atoms with Crippen LogP contribution >= 0.6 is 0 Å². The Balaban J connectivity index is 1.54. The van der Waals surface area contributed by atoms with Crippen molar-refractivity contribution in [3.63, 3.8) is 0 Å². The van der Waals surface area contributed by atoms with Gasteiger partial charge in [-0.05, 0) is 62.4 Å². The second-order valence-electron chi connectivity index (χ2n) is 6.77. The van der Waals surface area contributed by atoms with E-state index in [1.807, 2.05) is 36.7 Å². The molecule has 1 aliphatic rings. The van der Waals surface area contributed by atoms with Crippen LogP contribution in [0, 0.1) is 13.8 Å². The maximum atomic E-state index is 12.5. The fourth-order valence-electron chi connectivity index (χ4n) is 3.29. The van der Waals surface area contributed by atoms with Gasteiger partial charge in [0.2, 0.25) is 0 Å². The Labute approximate surface area is 161 Å². The van der Waals surface area contributed by atoms with Crippen LogP contribution in [0.5, 0.6) is 0 Å². The summed E-state index contributed by atoms with van der Waals surface area (Å²) in [5.41, 5.74) is 4.39. The van der Waals surface area contributed by atoms with Gasteiger partial charge in [-0.25, -0.2) is 4.68 Å². The zero-order valence-electron chi connectivity index (χ0n) is 15.7. The van der Waals surface area contributed by atoms with Gasteiger partial charge >= 0.3 is 0 Å². The molecule has 1 aromatic heterocycles. The Bertz CT molecular complexity index is 1130. The maximum Gasteiger partial charge on any atom is 0.261 e. The first-order valence-corrected chi connectivity index (χ1v) is 8.76. The number of hydrogen-bond acceptors (Lipinski definition) is 4. The number of carbonyl (C=O) groups is 3. The molecule has 2 aromatic carbocycles. The van der Waals surface area contributed by atoms with Crippen LogP contribution in [0.15, 0.2) is 48.5 Å². The van der Waals surface area contributed by atoms with Crippen molar-refractivity contribution in [2.24, 2.45) is 0 Å². The molecule has 0 saturated heterocycles. The van der Waals surface area contributed by atoms with Gasteiger partial charge in [0.25, 0.3) is 17.7 Å². The van der Waals surface area contributed by atoms with Gasteiger partial charge in [-0.1, -0.05) is 0 Å². The molecule has 2 heterocycles. The number of imide groups is 1. The minimum absolute atomic E-state index is 0.296. The first-order chi connectivity index (χ1) is 13.3. The highest BCUT2D eigenvalue weighted by Crippen LogP contribution is 2.25. The third-order valence-corrected chi connectivity index (χ3v) is 4.73. The lowest BCUT2D eigenvalue weighted by atomic mass is 10.1. The zero-order chi connectivity index (χ0) is 20.0. The van der Waals surface area contributed by atoms with Gasteiger partial charge in [-0.3, -0.25) is 19.3 Å². The number of hydrogen-bond donors (Lipinski definition) is 1. The fourth-order valence-corrected chi connectivity index (χ4v) is 3.29. The molecule has 0 atom stereocenters. The van der Waals surface area contributed by atoms with E-state index >= 15 is 0 Å². The van der Waals surface area contributed by atoms with Crippen LogP contribution in [0.4, 0.5) is 5.69 Å². The van der Waals surface area contributed by atoms with Crippen LogP contribution in [-0.2, 0) is 0 Å². The summed E-state index contributed by atoms with van der Waals surface area (Å²) in [5, 5.41) is 7.20. The molecule has 0 unspecified atom stereocenters. The van der Waals surface area contributed by atoms with E-state index < -0.39 is 0 Å². The molecular weight excluding hydrogens is 356 g/mol. The average Bonchev–Trinajstić information content (AvgIpc) is 3.13. The van der Waals surface area contributed by atoms with Crippen molar-refractivity contribution < 1.29 is 14.4 Å². The van der Waals surface area contributed by atoms with E-state index in [0.717, 1.165) is 22.0 Å². The van der Waals surface area contributed by atoms with E-state index in [1.54, 1.807) is 24.3 Å². The summed E-state index contributed by atoms with van der Waals surface area (Å²) in [6, 6.07) is 13.8. The predicted molar refractivity (Wildman–Crippen MR) is 104 cm³/mol. The number of aromatic nitrogens is 2. The Morgan fingerprint density at radius 3 is 2.25 bits per heavy atom. The molecule has 0 bridgehead atoms. The molecule has 140 valence electrons. The normalized spacial score (nSPS) is 13.0. The van der Waals surface area contributed by atoms with Crippen molar-refractivity contribution in [2.45, 2.75) is 13.8 Å². The van der Waals surface area contributed by atoms with Gasteiger partial charge in [0.15, 0.2) is 0 Å². The van der Waals surface area contributed by atoms with E-state index in [2.05, 4.69) is 10.4 Å². The predicted octanol–water partition coefficient (Wildman–Crippen LogP) is 2.97. The minimum Gasteiger partial charge on any atom is -0.322 e. The Morgan fingerprint density at radius 1 is 0.929 bits per heavy atom. The number of aryl methyl sites for hydroxylation is 2. The highest BCUT2D eigenvalue weighted by atomic mass is 16.2. The van der Waals surface area contributed by atoms with Crippen molar-refractivity contribution in [2.75, 3.05) is 12.4 Å². The summed E-state index contributed by atoms with van der Waals surface area (Å²) in [7, 11) is 1.44. The first kappa shape index (κ1) is 17.7. The Hall–Kier alpha value is -3.74. The van der Waals surface area contributed by atoms with E-state index in [0.29, 0.717) is 22.4 Å². The van der Waals surface area contributed by atoms with Crippen LogP contribution in [-0.4, -0.2) is 39.4 Å². The van der Waals surface area contributed by atoms with E-state index in [1.165, 1.54) is 13.1 Å². The number of nitrogens with one attached hydrogen (secondary N) is 1. The lowest BCUT2D eigenvalue weighted by Gasteiger charge is -2.08. The molecule has 4 rings (SSSR count). The Morgan fingerprint density at radius 2 is 1.61 bits per heavy atom. The fraction of sp³-hybridized carbons (Fsp3) is 0.143. The summed E-state index contributed by atoms with van der Waals surface area (Å²) in [6.45, 7) is 3.90. The molecule has 0 radical (unpaired) electrons. The summed E-state index contributed by atoms with van der Waals surface area (Å²) in [6.07, 6.45) is 0. The Kier molecular flexibility index (Phi) is 4.07. The van der Waals surface area contributed by atoms with E-state index in [9.17, 15) is 14.4 Å². The summed E-state index contributed by atoms with van der Waals surface area (Å²) in [5.74, 6) is -1.01. The molecule has 0 fully saturated rings. The number of amides is 3. The van der Waals surface area contributed by atoms with Gasteiger partial charge in [0.1, 0.15) is 0 Å². The molecule has 0 saturated carbocycles. The monoisotopic (exact) mass is 374 g/mol. The maximum absolute atomic E-state index is 12.5. The van der Waals surface area contributed by atoms with Crippen molar-refractivity contribution in [3.8, 4) is 5.69 Å². The standard InChI is InChI=1S/C21H18N4O3/c1-12-10-13(2)25(23-12)16-7-4-14(5-8-16)19(26)22-15-6-9-17-18(11-15)21(28)24(3)20(17)27/h4-11H,1-3H3,(H,22,26). The second kappa shape index (κ2) is 6.45. The number of anilines is 1. The van der Waals surface area contributed by atoms with Gasteiger partial charge < -0.3 is 5.32 Å². The average molecular weight is 374 g/mol. The highest BCUT2D eigenvalue weighted by Gasteiger charge is 2.32. The van der Waals surface area contributed by atoms with Crippen LogP contribution in [0.2, 0.25) is 0 Å². The third kappa shape index (κ3) is 2.87. The number of fused-ring (bicyclic) bond motifs is 1. The molecule has 0 aliphatic carbocycles. The third-order valence-electron chi connectivity index (χ3n) is 4.73. The molecule has 1 N–H and O–H groups in total. The smallest absolute Gasteiger partial charge is 0.261 e. The van der Waals surface area contributed by atoms with Crippen molar-refractivity contribution >= 4 is 23.4 Å². The largest absolute Gasteiger partial charge is 0.322 e. The van der Waals surface area contributed by atoms with E-state index in [4.69, 9.17) is 0 Å². The molecular formula is C21H18N4O3. The van der Waals surface area contributed by atoms with Gasteiger partial charge in [0.05, 0.1) is 22.5 Å². The van der Waals surface area contributed by atoms with Gasteiger partial charge in [0, 0.05) is 24.0 Å². The number of carbonyl (C=O) groups excluding carboxylic acids is 3. The lowest BCUT2D eigenvalue weighted by molar-refractivity contribution is 0.0692. The molecule has 3 amide bonds.